The van der Waals surface area contributed by atoms with Gasteiger partial charge in [0.1, 0.15) is 6.33 Å². The maximum atomic E-state index is 4.10. The number of hydrogen-bond acceptors (Lipinski definition) is 4. The van der Waals surface area contributed by atoms with E-state index in [1.807, 2.05) is 11.6 Å². The zero-order valence-corrected chi connectivity index (χ0v) is 13.4. The first-order valence-corrected chi connectivity index (χ1v) is 7.70. The molecule has 0 radical (unpaired) electrons. The molecule has 1 aromatic heterocycles. The molecule has 5 heteroatoms. The van der Waals surface area contributed by atoms with Gasteiger partial charge in [0.25, 0.3) is 0 Å². The van der Waals surface area contributed by atoms with Gasteiger partial charge in [-0.1, -0.05) is 19.9 Å². The first kappa shape index (κ1) is 15.1. The summed E-state index contributed by atoms with van der Waals surface area (Å²) in [5, 5.41) is 12.4. The van der Waals surface area contributed by atoms with Crippen molar-refractivity contribution in [1.29, 1.82) is 0 Å². The molecule has 2 aromatic rings. The quantitative estimate of drug-likeness (QED) is 0.888. The van der Waals surface area contributed by atoms with E-state index in [4.69, 9.17) is 0 Å². The fraction of sp³-hybridized carbons (Fsp3) is 0.467. The van der Waals surface area contributed by atoms with E-state index < -0.39 is 0 Å². The number of aromatic nitrogens is 3. The second-order valence-corrected chi connectivity index (χ2v) is 6.48. The molecule has 0 bridgehead atoms. The highest BCUT2D eigenvalue weighted by Crippen LogP contribution is 2.27. The molecule has 4 nitrogen and oxygen atoms in total. The Morgan fingerprint density at radius 3 is 2.75 bits per heavy atom. The van der Waals surface area contributed by atoms with E-state index in [1.165, 1.54) is 16.0 Å². The van der Waals surface area contributed by atoms with Crippen LogP contribution >= 0.6 is 11.8 Å². The number of hydrogen-bond donors (Lipinski definition) is 1. The molecular weight excluding hydrogens is 268 g/mol. The lowest BCUT2D eigenvalue weighted by atomic mass is 10.1. The van der Waals surface area contributed by atoms with Crippen LogP contribution in [0.1, 0.15) is 25.0 Å². The maximum Gasteiger partial charge on any atom is 0.195 e. The molecule has 108 valence electrons. The van der Waals surface area contributed by atoms with Crippen molar-refractivity contribution in [3.05, 3.63) is 35.7 Å². The summed E-state index contributed by atoms with van der Waals surface area (Å²) >= 11 is 1.64. The van der Waals surface area contributed by atoms with Gasteiger partial charge in [0, 0.05) is 18.5 Å². The highest BCUT2D eigenvalue weighted by atomic mass is 32.2. The van der Waals surface area contributed by atoms with Crippen LogP contribution in [-0.2, 0) is 13.6 Å². The van der Waals surface area contributed by atoms with Crippen molar-refractivity contribution in [1.82, 2.24) is 20.1 Å². The van der Waals surface area contributed by atoms with E-state index in [0.29, 0.717) is 5.92 Å². The molecule has 0 atom stereocenters. The predicted octanol–water partition coefficient (Wildman–Crippen LogP) is 3.02. The molecule has 2 rings (SSSR count). The molecule has 0 saturated heterocycles. The van der Waals surface area contributed by atoms with E-state index in [2.05, 4.69) is 54.5 Å². The number of nitrogens with zero attached hydrogens (tertiary/aromatic N) is 3. The zero-order chi connectivity index (χ0) is 14.5. The Kier molecular flexibility index (Phi) is 5.20. The summed E-state index contributed by atoms with van der Waals surface area (Å²) in [6, 6.07) is 6.56. The van der Waals surface area contributed by atoms with Gasteiger partial charge >= 0.3 is 0 Å². The molecule has 0 spiro atoms. The molecule has 0 unspecified atom stereocenters. The Morgan fingerprint density at radius 1 is 1.35 bits per heavy atom. The maximum absolute atomic E-state index is 4.10. The Hall–Kier alpha value is -1.33. The Morgan fingerprint density at radius 2 is 2.15 bits per heavy atom. The highest BCUT2D eigenvalue weighted by molar-refractivity contribution is 7.99. The Bertz CT molecular complexity index is 563. The average molecular weight is 290 g/mol. The Balaban J connectivity index is 2.00. The van der Waals surface area contributed by atoms with Crippen molar-refractivity contribution < 1.29 is 0 Å². The van der Waals surface area contributed by atoms with Crippen molar-refractivity contribution in [3.8, 4) is 0 Å². The van der Waals surface area contributed by atoms with Crippen LogP contribution in [0, 0.1) is 12.8 Å². The monoisotopic (exact) mass is 290 g/mol. The van der Waals surface area contributed by atoms with Gasteiger partial charge in [-0.3, -0.25) is 0 Å². The van der Waals surface area contributed by atoms with E-state index >= 15 is 0 Å². The van der Waals surface area contributed by atoms with Gasteiger partial charge in [0.2, 0.25) is 0 Å². The van der Waals surface area contributed by atoms with E-state index in [-0.39, 0.29) is 0 Å². The van der Waals surface area contributed by atoms with Gasteiger partial charge in [-0.15, -0.1) is 10.2 Å². The van der Waals surface area contributed by atoms with Gasteiger partial charge in [-0.25, -0.2) is 0 Å². The third-order valence-corrected chi connectivity index (χ3v) is 4.10. The third-order valence-electron chi connectivity index (χ3n) is 3.06. The smallest absolute Gasteiger partial charge is 0.195 e. The summed E-state index contributed by atoms with van der Waals surface area (Å²) < 4.78 is 1.93. The van der Waals surface area contributed by atoms with Gasteiger partial charge in [0.15, 0.2) is 5.16 Å². The number of benzene rings is 1. The molecule has 0 aliphatic carbocycles. The zero-order valence-electron chi connectivity index (χ0n) is 12.6. The van der Waals surface area contributed by atoms with Crippen LogP contribution in [0.25, 0.3) is 0 Å². The summed E-state index contributed by atoms with van der Waals surface area (Å²) in [6.07, 6.45) is 1.72. The fourth-order valence-corrected chi connectivity index (χ4v) is 2.76. The highest BCUT2D eigenvalue weighted by Gasteiger charge is 2.06. The summed E-state index contributed by atoms with van der Waals surface area (Å²) in [5.74, 6) is 0.682. The molecule has 1 aromatic carbocycles. The molecule has 1 heterocycles. The van der Waals surface area contributed by atoms with Crippen molar-refractivity contribution >= 4 is 11.8 Å². The van der Waals surface area contributed by atoms with E-state index in [0.717, 1.165) is 18.2 Å². The molecule has 20 heavy (non-hydrogen) atoms. The van der Waals surface area contributed by atoms with Crippen LogP contribution in [0.15, 0.2) is 34.6 Å². The number of aryl methyl sites for hydroxylation is 2. The third kappa shape index (κ3) is 4.08. The molecule has 0 aliphatic heterocycles. The van der Waals surface area contributed by atoms with Crippen LogP contribution in [-0.4, -0.2) is 21.3 Å². The minimum atomic E-state index is 0.682. The molecule has 1 N–H and O–H groups in total. The molecule has 0 aliphatic rings. The lowest BCUT2D eigenvalue weighted by Crippen LogP contribution is -2.19. The van der Waals surface area contributed by atoms with E-state index in [9.17, 15) is 0 Å². The van der Waals surface area contributed by atoms with Crippen molar-refractivity contribution in [2.45, 2.75) is 37.4 Å². The summed E-state index contributed by atoms with van der Waals surface area (Å²) in [5.41, 5.74) is 2.67. The molecular formula is C15H22N4S. The normalized spacial score (nSPS) is 11.2. The molecule has 0 saturated carbocycles. The number of rotatable bonds is 6. The van der Waals surface area contributed by atoms with Gasteiger partial charge in [0.05, 0.1) is 0 Å². The number of nitrogens with one attached hydrogen (secondary N) is 1. The first-order chi connectivity index (χ1) is 9.56. The minimum absolute atomic E-state index is 0.682. The standard InChI is InChI=1S/C15H22N4S/c1-11(2)8-16-9-13-5-6-14(7-12(13)3)20-15-18-17-10-19(15)4/h5-7,10-11,16H,8-9H2,1-4H3. The lowest BCUT2D eigenvalue weighted by Gasteiger charge is -2.11. The predicted molar refractivity (Wildman–Crippen MR) is 82.8 cm³/mol. The fourth-order valence-electron chi connectivity index (χ4n) is 1.90. The average Bonchev–Trinajstić information content (AvgIpc) is 2.77. The van der Waals surface area contributed by atoms with Crippen LogP contribution in [0.5, 0.6) is 0 Å². The van der Waals surface area contributed by atoms with Crippen molar-refractivity contribution in [2.75, 3.05) is 6.54 Å². The minimum Gasteiger partial charge on any atom is -0.312 e. The van der Waals surface area contributed by atoms with Gasteiger partial charge < -0.3 is 9.88 Å². The largest absolute Gasteiger partial charge is 0.312 e. The van der Waals surface area contributed by atoms with Crippen LogP contribution in [0.4, 0.5) is 0 Å². The van der Waals surface area contributed by atoms with Crippen molar-refractivity contribution in [2.24, 2.45) is 13.0 Å². The van der Waals surface area contributed by atoms with Gasteiger partial charge in [-0.05, 0) is 54.4 Å². The van der Waals surface area contributed by atoms with Gasteiger partial charge in [-0.2, -0.15) is 0 Å². The first-order valence-electron chi connectivity index (χ1n) is 6.88. The second kappa shape index (κ2) is 6.90. The van der Waals surface area contributed by atoms with Crippen LogP contribution < -0.4 is 5.32 Å². The topological polar surface area (TPSA) is 42.7 Å². The lowest BCUT2D eigenvalue weighted by molar-refractivity contribution is 0.551. The molecule has 0 fully saturated rings. The second-order valence-electron chi connectivity index (χ2n) is 5.44. The van der Waals surface area contributed by atoms with Crippen LogP contribution in [0.2, 0.25) is 0 Å². The van der Waals surface area contributed by atoms with Crippen molar-refractivity contribution in [3.63, 3.8) is 0 Å². The van der Waals surface area contributed by atoms with Crippen LogP contribution in [0.3, 0.4) is 0 Å². The summed E-state index contributed by atoms with van der Waals surface area (Å²) in [6.45, 7) is 8.59. The van der Waals surface area contributed by atoms with E-state index in [1.54, 1.807) is 18.1 Å². The summed E-state index contributed by atoms with van der Waals surface area (Å²) in [7, 11) is 1.96. The molecule has 0 amide bonds. The summed E-state index contributed by atoms with van der Waals surface area (Å²) in [4.78, 5) is 1.20. The SMILES string of the molecule is Cc1cc(Sc2nncn2C)ccc1CNCC(C)C. The Labute approximate surface area is 125 Å².